The molecule has 2 aromatic rings. The van der Waals surface area contributed by atoms with Gasteiger partial charge in [0.1, 0.15) is 5.75 Å². The lowest BCUT2D eigenvalue weighted by Crippen LogP contribution is -2.46. The molecule has 30 heavy (non-hydrogen) atoms. The van der Waals surface area contributed by atoms with Gasteiger partial charge in [-0.15, -0.1) is 0 Å². The van der Waals surface area contributed by atoms with E-state index in [9.17, 15) is 0 Å². The minimum Gasteiger partial charge on any atom is -0.494 e. The molecule has 0 aliphatic carbocycles. The van der Waals surface area contributed by atoms with Gasteiger partial charge in [-0.2, -0.15) is 5.26 Å². The summed E-state index contributed by atoms with van der Waals surface area (Å²) in [5.74, 6) is 0.973. The van der Waals surface area contributed by atoms with Gasteiger partial charge < -0.3 is 14.5 Å². The molecule has 1 aliphatic rings. The zero-order chi connectivity index (χ0) is 21.0. The van der Waals surface area contributed by atoms with Gasteiger partial charge >= 0.3 is 0 Å². The lowest BCUT2D eigenvalue weighted by atomic mass is 10.1. The number of nitriles is 1. The van der Waals surface area contributed by atoms with Crippen LogP contribution in [0.25, 0.3) is 0 Å². The van der Waals surface area contributed by atoms with E-state index in [1.807, 2.05) is 24.3 Å². The maximum Gasteiger partial charge on any atom is 0.119 e. The van der Waals surface area contributed by atoms with Crippen molar-refractivity contribution in [2.45, 2.75) is 51.9 Å². The summed E-state index contributed by atoms with van der Waals surface area (Å²) in [6.07, 6.45) is 9.16. The van der Waals surface area contributed by atoms with E-state index in [4.69, 9.17) is 10.00 Å². The molecule has 0 radical (unpaired) electrons. The summed E-state index contributed by atoms with van der Waals surface area (Å²) in [5.41, 5.74) is 3.17. The summed E-state index contributed by atoms with van der Waals surface area (Å²) < 4.78 is 5.92. The third kappa shape index (κ3) is 6.69. The van der Waals surface area contributed by atoms with Gasteiger partial charge in [0.2, 0.25) is 0 Å². The summed E-state index contributed by atoms with van der Waals surface area (Å²) in [5, 5.41) is 8.95. The maximum atomic E-state index is 8.95. The molecule has 4 heteroatoms. The first kappa shape index (κ1) is 22.0. The molecule has 1 heterocycles. The minimum atomic E-state index is 0.715. The van der Waals surface area contributed by atoms with E-state index in [2.05, 4.69) is 47.1 Å². The van der Waals surface area contributed by atoms with Crippen molar-refractivity contribution in [3.05, 3.63) is 54.1 Å². The van der Waals surface area contributed by atoms with E-state index in [0.717, 1.165) is 45.0 Å². The molecule has 0 saturated carbocycles. The van der Waals surface area contributed by atoms with E-state index >= 15 is 0 Å². The van der Waals surface area contributed by atoms with Gasteiger partial charge in [-0.3, -0.25) is 0 Å². The van der Waals surface area contributed by atoms with Crippen LogP contribution in [0.2, 0.25) is 0 Å². The van der Waals surface area contributed by atoms with Gasteiger partial charge in [-0.25, -0.2) is 0 Å². The lowest BCUT2D eigenvalue weighted by Gasteiger charge is -2.37. The number of piperazine rings is 1. The molecule has 1 fully saturated rings. The van der Waals surface area contributed by atoms with Gasteiger partial charge in [-0.1, -0.05) is 45.4 Å². The number of benzene rings is 2. The Labute approximate surface area is 182 Å². The number of unbranched alkanes of at least 4 members (excludes halogenated alkanes) is 6. The van der Waals surface area contributed by atoms with Crippen molar-refractivity contribution in [1.82, 2.24) is 0 Å². The second-order valence-electron chi connectivity index (χ2n) is 8.10. The Morgan fingerprint density at radius 3 is 1.77 bits per heavy atom. The summed E-state index contributed by atoms with van der Waals surface area (Å²) in [7, 11) is 0. The third-order valence-electron chi connectivity index (χ3n) is 5.86. The smallest absolute Gasteiger partial charge is 0.119 e. The topological polar surface area (TPSA) is 39.5 Å². The van der Waals surface area contributed by atoms with Gasteiger partial charge in [0, 0.05) is 37.6 Å². The Bertz CT molecular complexity index is 771. The van der Waals surface area contributed by atoms with E-state index < -0.39 is 0 Å². The predicted molar refractivity (Wildman–Crippen MR) is 126 cm³/mol. The Morgan fingerprint density at radius 1 is 0.733 bits per heavy atom. The quantitative estimate of drug-likeness (QED) is 0.429. The molecule has 0 bridgehead atoms. The van der Waals surface area contributed by atoms with Crippen LogP contribution in [0, 0.1) is 11.3 Å². The number of rotatable bonds is 11. The molecule has 0 amide bonds. The van der Waals surface area contributed by atoms with Crippen LogP contribution in [0.3, 0.4) is 0 Å². The lowest BCUT2D eigenvalue weighted by molar-refractivity contribution is 0.304. The first-order valence-electron chi connectivity index (χ1n) is 11.5. The van der Waals surface area contributed by atoms with E-state index in [1.165, 1.54) is 49.9 Å². The van der Waals surface area contributed by atoms with Crippen molar-refractivity contribution in [3.8, 4) is 11.8 Å². The summed E-state index contributed by atoms with van der Waals surface area (Å²) in [6.45, 7) is 7.05. The molecule has 1 saturated heterocycles. The Kier molecular flexibility index (Phi) is 8.90. The largest absolute Gasteiger partial charge is 0.494 e. The van der Waals surface area contributed by atoms with E-state index in [-0.39, 0.29) is 0 Å². The number of ether oxygens (including phenoxy) is 1. The second-order valence-corrected chi connectivity index (χ2v) is 8.10. The van der Waals surface area contributed by atoms with Gasteiger partial charge in [-0.05, 0) is 55.0 Å². The fraction of sp³-hybridized carbons (Fsp3) is 0.500. The fourth-order valence-electron chi connectivity index (χ4n) is 3.97. The van der Waals surface area contributed by atoms with Crippen LogP contribution in [0.15, 0.2) is 48.5 Å². The maximum absolute atomic E-state index is 8.95. The average molecular weight is 406 g/mol. The van der Waals surface area contributed by atoms with Crippen molar-refractivity contribution in [1.29, 1.82) is 5.26 Å². The van der Waals surface area contributed by atoms with Gasteiger partial charge in [0.15, 0.2) is 0 Å². The van der Waals surface area contributed by atoms with Gasteiger partial charge in [0.25, 0.3) is 0 Å². The molecule has 0 unspecified atom stereocenters. The van der Waals surface area contributed by atoms with Crippen LogP contribution in [-0.2, 0) is 0 Å². The molecule has 3 rings (SSSR count). The van der Waals surface area contributed by atoms with Crippen molar-refractivity contribution in [2.75, 3.05) is 42.6 Å². The highest BCUT2D eigenvalue weighted by atomic mass is 16.5. The molecular weight excluding hydrogens is 370 g/mol. The summed E-state index contributed by atoms with van der Waals surface area (Å²) >= 11 is 0. The number of hydrogen-bond donors (Lipinski definition) is 0. The molecule has 0 atom stereocenters. The SMILES string of the molecule is CCCCCCCCCOc1ccc(N2CCN(c3ccc(C#N)cc3)CC2)cc1. The molecule has 1 aliphatic heterocycles. The minimum absolute atomic E-state index is 0.715. The van der Waals surface area contributed by atoms with Gasteiger partial charge in [0.05, 0.1) is 18.2 Å². The standard InChI is InChI=1S/C26H35N3O/c1-2-3-4-5-6-7-8-21-30-26-15-13-25(14-16-26)29-19-17-28(18-20-29)24-11-9-23(22-27)10-12-24/h9-16H,2-8,17-21H2,1H3. The fourth-order valence-corrected chi connectivity index (χ4v) is 3.97. The highest BCUT2D eigenvalue weighted by Crippen LogP contribution is 2.23. The van der Waals surface area contributed by atoms with Crippen molar-refractivity contribution in [3.63, 3.8) is 0 Å². The van der Waals surface area contributed by atoms with Crippen molar-refractivity contribution >= 4 is 11.4 Å². The monoisotopic (exact) mass is 405 g/mol. The average Bonchev–Trinajstić information content (AvgIpc) is 2.81. The number of nitrogens with zero attached hydrogens (tertiary/aromatic N) is 3. The zero-order valence-corrected chi connectivity index (χ0v) is 18.4. The molecule has 2 aromatic carbocycles. The zero-order valence-electron chi connectivity index (χ0n) is 18.4. The van der Waals surface area contributed by atoms with E-state index in [0.29, 0.717) is 5.56 Å². The van der Waals surface area contributed by atoms with Crippen LogP contribution in [0.4, 0.5) is 11.4 Å². The molecular formula is C26H35N3O. The number of hydrogen-bond acceptors (Lipinski definition) is 4. The predicted octanol–water partition coefficient (Wildman–Crippen LogP) is 6.01. The van der Waals surface area contributed by atoms with Crippen LogP contribution in [0.5, 0.6) is 5.75 Å². The highest BCUT2D eigenvalue weighted by molar-refractivity contribution is 5.54. The molecule has 0 N–H and O–H groups in total. The van der Waals surface area contributed by atoms with E-state index in [1.54, 1.807) is 0 Å². The third-order valence-corrected chi connectivity index (χ3v) is 5.86. The van der Waals surface area contributed by atoms with Crippen LogP contribution in [0.1, 0.15) is 57.4 Å². The number of anilines is 2. The summed E-state index contributed by atoms with van der Waals surface area (Å²) in [4.78, 5) is 4.82. The van der Waals surface area contributed by atoms with Crippen molar-refractivity contribution in [2.24, 2.45) is 0 Å². The van der Waals surface area contributed by atoms with Crippen LogP contribution < -0.4 is 14.5 Å². The Balaban J connectivity index is 1.36. The molecule has 160 valence electrons. The first-order valence-corrected chi connectivity index (χ1v) is 11.5. The first-order chi connectivity index (χ1) is 14.8. The Morgan fingerprint density at radius 2 is 1.23 bits per heavy atom. The second kappa shape index (κ2) is 12.1. The normalized spacial score (nSPS) is 13.9. The molecule has 0 spiro atoms. The van der Waals surface area contributed by atoms with Crippen molar-refractivity contribution < 1.29 is 4.74 Å². The van der Waals surface area contributed by atoms with Crippen LogP contribution >= 0.6 is 0 Å². The molecule has 0 aromatic heterocycles. The summed E-state index contributed by atoms with van der Waals surface area (Å²) in [6, 6.07) is 18.6. The van der Waals surface area contributed by atoms with Crippen LogP contribution in [-0.4, -0.2) is 32.8 Å². The molecule has 4 nitrogen and oxygen atoms in total. The Hall–Kier alpha value is -2.67. The highest BCUT2D eigenvalue weighted by Gasteiger charge is 2.17.